The van der Waals surface area contributed by atoms with Crippen molar-refractivity contribution >= 4 is 11.6 Å². The Morgan fingerprint density at radius 2 is 2.07 bits per heavy atom. The van der Waals surface area contributed by atoms with Crippen LogP contribution in [0.4, 0.5) is 11.6 Å². The highest BCUT2D eigenvalue weighted by Crippen LogP contribution is 2.12. The molecule has 0 spiro atoms. The number of nitrogens with one attached hydrogen (secondary N) is 2. The first-order valence-corrected chi connectivity index (χ1v) is 5.10. The van der Waals surface area contributed by atoms with E-state index in [0.717, 1.165) is 18.1 Å². The van der Waals surface area contributed by atoms with Gasteiger partial charge in [0.1, 0.15) is 17.5 Å². The summed E-state index contributed by atoms with van der Waals surface area (Å²) in [5.74, 6) is 2.22. The van der Waals surface area contributed by atoms with Crippen molar-refractivity contribution in [2.45, 2.75) is 26.3 Å². The van der Waals surface area contributed by atoms with Gasteiger partial charge in [-0.05, 0) is 13.3 Å². The van der Waals surface area contributed by atoms with Crippen molar-refractivity contribution in [1.29, 1.82) is 0 Å². The normalized spacial score (nSPS) is 12.3. The average molecular weight is 210 g/mol. The van der Waals surface area contributed by atoms with Gasteiger partial charge in [0.15, 0.2) is 0 Å². The molecule has 0 aromatic carbocycles. The number of rotatable bonds is 5. The maximum absolute atomic E-state index is 9.06. The lowest BCUT2D eigenvalue weighted by Crippen LogP contribution is -2.23. The van der Waals surface area contributed by atoms with Crippen LogP contribution >= 0.6 is 0 Å². The largest absolute Gasteiger partial charge is 0.394 e. The lowest BCUT2D eigenvalue weighted by molar-refractivity contribution is 0.271. The molecule has 3 N–H and O–H groups in total. The number of aliphatic hydroxyl groups excluding tert-OH is 1. The van der Waals surface area contributed by atoms with Crippen molar-refractivity contribution in [1.82, 2.24) is 9.97 Å². The van der Waals surface area contributed by atoms with E-state index in [9.17, 15) is 0 Å². The quantitative estimate of drug-likeness (QED) is 0.676. The number of hydrogen-bond donors (Lipinski definition) is 3. The molecule has 5 nitrogen and oxygen atoms in total. The molecule has 15 heavy (non-hydrogen) atoms. The van der Waals surface area contributed by atoms with Gasteiger partial charge in [0, 0.05) is 13.1 Å². The second-order valence-electron chi connectivity index (χ2n) is 3.37. The van der Waals surface area contributed by atoms with Gasteiger partial charge in [-0.25, -0.2) is 9.97 Å². The van der Waals surface area contributed by atoms with Gasteiger partial charge < -0.3 is 15.7 Å². The van der Waals surface area contributed by atoms with Crippen LogP contribution in [-0.4, -0.2) is 34.8 Å². The highest BCUT2D eigenvalue weighted by Gasteiger charge is 2.06. The molecule has 0 amide bonds. The number of hydrogen-bond acceptors (Lipinski definition) is 5. The number of nitrogens with zero attached hydrogens (tertiary/aromatic N) is 2. The second kappa shape index (κ2) is 5.50. The molecule has 1 heterocycles. The van der Waals surface area contributed by atoms with Gasteiger partial charge in [-0.2, -0.15) is 0 Å². The Hall–Kier alpha value is -1.36. The van der Waals surface area contributed by atoms with Crippen molar-refractivity contribution in [3.8, 4) is 0 Å². The predicted octanol–water partition coefficient (Wildman–Crippen LogP) is 1.01. The number of aryl methyl sites for hydroxylation is 1. The smallest absolute Gasteiger partial charge is 0.132 e. The molecule has 1 aromatic rings. The molecule has 0 saturated heterocycles. The monoisotopic (exact) mass is 210 g/mol. The second-order valence-corrected chi connectivity index (χ2v) is 3.37. The summed E-state index contributed by atoms with van der Waals surface area (Å²) in [7, 11) is 1.81. The summed E-state index contributed by atoms with van der Waals surface area (Å²) >= 11 is 0. The molecular formula is C10H18N4O. The third-order valence-electron chi connectivity index (χ3n) is 2.16. The molecule has 1 aromatic heterocycles. The predicted molar refractivity (Wildman–Crippen MR) is 61.1 cm³/mol. The molecule has 1 atom stereocenters. The van der Waals surface area contributed by atoms with E-state index in [1.54, 1.807) is 0 Å². The van der Waals surface area contributed by atoms with Gasteiger partial charge in [0.05, 0.1) is 12.6 Å². The van der Waals surface area contributed by atoms with E-state index in [1.807, 2.05) is 27.0 Å². The molecule has 5 heteroatoms. The Kier molecular flexibility index (Phi) is 4.30. The molecule has 0 saturated carbocycles. The molecule has 0 aliphatic heterocycles. The van der Waals surface area contributed by atoms with Gasteiger partial charge >= 0.3 is 0 Å². The summed E-state index contributed by atoms with van der Waals surface area (Å²) in [5, 5.41) is 15.2. The Morgan fingerprint density at radius 3 is 2.60 bits per heavy atom. The fraction of sp³-hybridized carbons (Fsp3) is 0.600. The lowest BCUT2D eigenvalue weighted by atomic mass is 10.2. The zero-order chi connectivity index (χ0) is 11.3. The Bertz CT molecular complexity index is 312. The Labute approximate surface area is 90.0 Å². The maximum Gasteiger partial charge on any atom is 0.132 e. The number of anilines is 2. The average Bonchev–Trinajstić information content (AvgIpc) is 2.25. The summed E-state index contributed by atoms with van der Waals surface area (Å²) in [4.78, 5) is 8.43. The van der Waals surface area contributed by atoms with E-state index < -0.39 is 0 Å². The first-order chi connectivity index (χ1) is 7.19. The summed E-state index contributed by atoms with van der Waals surface area (Å²) in [6.07, 6.45) is 0.856. The van der Waals surface area contributed by atoms with E-state index in [2.05, 4.69) is 20.6 Å². The van der Waals surface area contributed by atoms with E-state index in [1.165, 1.54) is 0 Å². The van der Waals surface area contributed by atoms with Gasteiger partial charge in [-0.1, -0.05) is 6.92 Å². The van der Waals surface area contributed by atoms with Crippen molar-refractivity contribution in [2.24, 2.45) is 0 Å². The van der Waals surface area contributed by atoms with E-state index in [0.29, 0.717) is 5.82 Å². The minimum atomic E-state index is 0.0454. The number of aromatic nitrogens is 2. The first-order valence-electron chi connectivity index (χ1n) is 5.10. The van der Waals surface area contributed by atoms with Crippen LogP contribution in [0.2, 0.25) is 0 Å². The van der Waals surface area contributed by atoms with E-state index >= 15 is 0 Å². The Balaban J connectivity index is 2.79. The zero-order valence-corrected chi connectivity index (χ0v) is 9.41. The van der Waals surface area contributed by atoms with Crippen LogP contribution in [0.3, 0.4) is 0 Å². The molecule has 0 aliphatic rings. The highest BCUT2D eigenvalue weighted by atomic mass is 16.3. The third-order valence-corrected chi connectivity index (χ3v) is 2.16. The Morgan fingerprint density at radius 1 is 1.40 bits per heavy atom. The lowest BCUT2D eigenvalue weighted by Gasteiger charge is -2.15. The van der Waals surface area contributed by atoms with Crippen LogP contribution in [0.25, 0.3) is 0 Å². The molecular weight excluding hydrogens is 192 g/mol. The number of aliphatic hydroxyl groups is 1. The SMILES string of the molecule is CCC(CO)Nc1cc(NC)nc(C)n1. The zero-order valence-electron chi connectivity index (χ0n) is 9.41. The van der Waals surface area contributed by atoms with Gasteiger partial charge in [-0.15, -0.1) is 0 Å². The van der Waals surface area contributed by atoms with Crippen molar-refractivity contribution in [2.75, 3.05) is 24.3 Å². The van der Waals surface area contributed by atoms with Crippen LogP contribution < -0.4 is 10.6 Å². The third kappa shape index (κ3) is 3.36. The van der Waals surface area contributed by atoms with Gasteiger partial charge in [0.25, 0.3) is 0 Å². The molecule has 0 fully saturated rings. The summed E-state index contributed by atoms with van der Waals surface area (Å²) in [6.45, 7) is 3.96. The topological polar surface area (TPSA) is 70.1 Å². The minimum Gasteiger partial charge on any atom is -0.394 e. The molecule has 84 valence electrons. The maximum atomic E-state index is 9.06. The van der Waals surface area contributed by atoms with Crippen LogP contribution in [0, 0.1) is 6.92 Å². The fourth-order valence-electron chi connectivity index (χ4n) is 1.26. The van der Waals surface area contributed by atoms with Gasteiger partial charge in [-0.3, -0.25) is 0 Å². The van der Waals surface area contributed by atoms with Crippen LogP contribution in [0.5, 0.6) is 0 Å². The van der Waals surface area contributed by atoms with Gasteiger partial charge in [0.2, 0.25) is 0 Å². The summed E-state index contributed by atoms with van der Waals surface area (Å²) in [6, 6.07) is 1.87. The van der Waals surface area contributed by atoms with Crippen molar-refractivity contribution in [3.05, 3.63) is 11.9 Å². The molecule has 0 bridgehead atoms. The first kappa shape index (κ1) is 11.7. The van der Waals surface area contributed by atoms with Crippen molar-refractivity contribution < 1.29 is 5.11 Å². The van der Waals surface area contributed by atoms with E-state index in [4.69, 9.17) is 5.11 Å². The molecule has 0 aliphatic carbocycles. The van der Waals surface area contributed by atoms with E-state index in [-0.39, 0.29) is 12.6 Å². The van der Waals surface area contributed by atoms with Crippen LogP contribution in [-0.2, 0) is 0 Å². The molecule has 1 unspecified atom stereocenters. The van der Waals surface area contributed by atoms with Crippen LogP contribution in [0.15, 0.2) is 6.07 Å². The highest BCUT2D eigenvalue weighted by molar-refractivity contribution is 5.47. The van der Waals surface area contributed by atoms with Crippen LogP contribution in [0.1, 0.15) is 19.2 Å². The molecule has 0 radical (unpaired) electrons. The molecule has 1 rings (SSSR count). The fourth-order valence-corrected chi connectivity index (χ4v) is 1.26. The minimum absolute atomic E-state index is 0.0454. The van der Waals surface area contributed by atoms with Crippen molar-refractivity contribution in [3.63, 3.8) is 0 Å². The summed E-state index contributed by atoms with van der Waals surface area (Å²) in [5.41, 5.74) is 0. The summed E-state index contributed by atoms with van der Waals surface area (Å²) < 4.78 is 0. The standard InChI is InChI=1S/C10H18N4O/c1-4-8(6-15)14-10-5-9(11-3)12-7(2)13-10/h5,8,15H,4,6H2,1-3H3,(H2,11,12,13,14).